The minimum Gasteiger partial charge on any atom is -0.376 e. The van der Waals surface area contributed by atoms with E-state index in [1.807, 2.05) is 17.6 Å². The second kappa shape index (κ2) is 4.00. The Labute approximate surface area is 99.6 Å². The van der Waals surface area contributed by atoms with Crippen LogP contribution in [0, 0.1) is 6.92 Å². The lowest BCUT2D eigenvalue weighted by atomic mass is 10.2. The first-order valence-corrected chi connectivity index (χ1v) is 5.94. The fourth-order valence-electron chi connectivity index (χ4n) is 2.33. The van der Waals surface area contributed by atoms with E-state index < -0.39 is 0 Å². The molecule has 1 fully saturated rings. The molecular weight excluding hydrogens is 216 g/mol. The molecule has 2 aromatic heterocycles. The summed E-state index contributed by atoms with van der Waals surface area (Å²) in [4.78, 5) is 8.75. The molecule has 17 heavy (non-hydrogen) atoms. The van der Waals surface area contributed by atoms with Crippen LogP contribution in [0.1, 0.15) is 18.4 Å². The van der Waals surface area contributed by atoms with Crippen molar-refractivity contribution >= 4 is 17.1 Å². The average molecular weight is 232 g/mol. The normalized spacial score (nSPS) is 20.2. The molecule has 5 nitrogen and oxygen atoms in total. The van der Waals surface area contributed by atoms with Crippen LogP contribution in [0.25, 0.3) is 11.2 Å². The highest BCUT2D eigenvalue weighted by Crippen LogP contribution is 2.22. The van der Waals surface area contributed by atoms with Crippen LogP contribution in [-0.2, 0) is 11.3 Å². The van der Waals surface area contributed by atoms with Crippen molar-refractivity contribution in [2.24, 2.45) is 0 Å². The number of ether oxygens (including phenoxy) is 1. The van der Waals surface area contributed by atoms with Crippen molar-refractivity contribution in [3.8, 4) is 0 Å². The molecule has 0 aromatic carbocycles. The summed E-state index contributed by atoms with van der Waals surface area (Å²) in [6, 6.07) is 1.95. The SMILES string of the molecule is Cc1ccnc2c1nc(N)n2CC1CCCO1. The Kier molecular flexibility index (Phi) is 2.48. The third-order valence-electron chi connectivity index (χ3n) is 3.28. The van der Waals surface area contributed by atoms with Crippen molar-refractivity contribution in [3.05, 3.63) is 17.8 Å². The van der Waals surface area contributed by atoms with Crippen molar-refractivity contribution in [1.82, 2.24) is 14.5 Å². The Bertz CT molecular complexity index is 543. The van der Waals surface area contributed by atoms with Gasteiger partial charge >= 0.3 is 0 Å². The van der Waals surface area contributed by atoms with Gasteiger partial charge in [-0.3, -0.25) is 4.57 Å². The van der Waals surface area contributed by atoms with Crippen LogP contribution < -0.4 is 5.73 Å². The van der Waals surface area contributed by atoms with Gasteiger partial charge < -0.3 is 10.5 Å². The van der Waals surface area contributed by atoms with Gasteiger partial charge in [-0.15, -0.1) is 0 Å². The summed E-state index contributed by atoms with van der Waals surface area (Å²) in [5.41, 5.74) is 8.81. The minimum atomic E-state index is 0.247. The van der Waals surface area contributed by atoms with Gasteiger partial charge in [-0.2, -0.15) is 0 Å². The van der Waals surface area contributed by atoms with E-state index in [0.717, 1.165) is 42.7 Å². The quantitative estimate of drug-likeness (QED) is 0.852. The van der Waals surface area contributed by atoms with Crippen molar-refractivity contribution in [3.63, 3.8) is 0 Å². The van der Waals surface area contributed by atoms with Gasteiger partial charge in [0.1, 0.15) is 5.52 Å². The molecule has 3 heterocycles. The smallest absolute Gasteiger partial charge is 0.202 e. The molecule has 0 radical (unpaired) electrons. The summed E-state index contributed by atoms with van der Waals surface area (Å²) < 4.78 is 7.59. The van der Waals surface area contributed by atoms with Crippen molar-refractivity contribution < 1.29 is 4.74 Å². The van der Waals surface area contributed by atoms with Crippen LogP contribution in [0.5, 0.6) is 0 Å². The molecule has 0 bridgehead atoms. The molecule has 1 unspecified atom stereocenters. The highest BCUT2D eigenvalue weighted by atomic mass is 16.5. The molecule has 2 aromatic rings. The fraction of sp³-hybridized carbons (Fsp3) is 0.500. The van der Waals surface area contributed by atoms with E-state index in [1.165, 1.54) is 0 Å². The number of anilines is 1. The van der Waals surface area contributed by atoms with Crippen molar-refractivity contribution in [1.29, 1.82) is 0 Å². The number of nitrogens with zero attached hydrogens (tertiary/aromatic N) is 3. The number of fused-ring (bicyclic) bond motifs is 1. The lowest BCUT2D eigenvalue weighted by Crippen LogP contribution is -2.16. The van der Waals surface area contributed by atoms with Crippen LogP contribution in [0.15, 0.2) is 12.3 Å². The van der Waals surface area contributed by atoms with Gasteiger partial charge in [-0.1, -0.05) is 0 Å². The fourth-order valence-corrected chi connectivity index (χ4v) is 2.33. The maximum absolute atomic E-state index is 5.96. The molecule has 0 amide bonds. The van der Waals surface area contributed by atoms with E-state index in [0.29, 0.717) is 5.95 Å². The second-order valence-electron chi connectivity index (χ2n) is 4.52. The van der Waals surface area contributed by atoms with Crippen LogP contribution in [-0.4, -0.2) is 27.2 Å². The van der Waals surface area contributed by atoms with E-state index in [4.69, 9.17) is 10.5 Å². The number of imidazole rings is 1. The lowest BCUT2D eigenvalue weighted by Gasteiger charge is -2.11. The number of aromatic nitrogens is 3. The van der Waals surface area contributed by atoms with Crippen LogP contribution in [0.2, 0.25) is 0 Å². The van der Waals surface area contributed by atoms with Crippen LogP contribution in [0.3, 0.4) is 0 Å². The molecule has 1 saturated heterocycles. The Morgan fingerprint density at radius 1 is 1.59 bits per heavy atom. The maximum atomic E-state index is 5.96. The van der Waals surface area contributed by atoms with E-state index >= 15 is 0 Å². The third-order valence-corrected chi connectivity index (χ3v) is 3.28. The van der Waals surface area contributed by atoms with E-state index in [1.54, 1.807) is 6.20 Å². The van der Waals surface area contributed by atoms with Crippen LogP contribution in [0.4, 0.5) is 5.95 Å². The largest absolute Gasteiger partial charge is 0.376 e. The standard InChI is InChI=1S/C12H16N4O/c1-8-4-5-14-11-10(8)15-12(13)16(11)7-9-3-2-6-17-9/h4-5,9H,2-3,6-7H2,1H3,(H2,13,15). The zero-order valence-electron chi connectivity index (χ0n) is 9.89. The topological polar surface area (TPSA) is 66.0 Å². The molecule has 3 rings (SSSR count). The Balaban J connectivity index is 2.02. The van der Waals surface area contributed by atoms with Gasteiger partial charge in [-0.25, -0.2) is 9.97 Å². The Morgan fingerprint density at radius 3 is 3.24 bits per heavy atom. The lowest BCUT2D eigenvalue weighted by molar-refractivity contribution is 0.0982. The third kappa shape index (κ3) is 1.76. The zero-order valence-corrected chi connectivity index (χ0v) is 9.89. The summed E-state index contributed by atoms with van der Waals surface area (Å²) >= 11 is 0. The number of hydrogen-bond donors (Lipinski definition) is 1. The number of rotatable bonds is 2. The molecule has 5 heteroatoms. The first-order chi connectivity index (χ1) is 8.25. The summed E-state index contributed by atoms with van der Waals surface area (Å²) in [6.45, 7) is 3.62. The van der Waals surface area contributed by atoms with Crippen LogP contribution >= 0.6 is 0 Å². The van der Waals surface area contributed by atoms with Gasteiger partial charge in [0.2, 0.25) is 5.95 Å². The first kappa shape index (κ1) is 10.5. The molecule has 1 aliphatic rings. The minimum absolute atomic E-state index is 0.247. The monoisotopic (exact) mass is 232 g/mol. The summed E-state index contributed by atoms with van der Waals surface area (Å²) in [7, 11) is 0. The average Bonchev–Trinajstić information content (AvgIpc) is 2.91. The summed E-state index contributed by atoms with van der Waals surface area (Å²) in [5, 5.41) is 0. The molecule has 1 aliphatic heterocycles. The Hall–Kier alpha value is -1.62. The summed E-state index contributed by atoms with van der Waals surface area (Å²) in [6.07, 6.45) is 4.26. The van der Waals surface area contributed by atoms with E-state index in [9.17, 15) is 0 Å². The molecule has 0 aliphatic carbocycles. The van der Waals surface area contributed by atoms with Gasteiger partial charge in [0.05, 0.1) is 12.6 Å². The van der Waals surface area contributed by atoms with Gasteiger partial charge in [0.15, 0.2) is 5.65 Å². The highest BCUT2D eigenvalue weighted by molar-refractivity contribution is 5.77. The maximum Gasteiger partial charge on any atom is 0.202 e. The summed E-state index contributed by atoms with van der Waals surface area (Å²) in [5.74, 6) is 0.525. The van der Waals surface area contributed by atoms with Crippen molar-refractivity contribution in [2.45, 2.75) is 32.4 Å². The van der Waals surface area contributed by atoms with Crippen molar-refractivity contribution in [2.75, 3.05) is 12.3 Å². The number of aryl methyl sites for hydroxylation is 1. The number of pyridine rings is 1. The first-order valence-electron chi connectivity index (χ1n) is 5.94. The number of hydrogen-bond acceptors (Lipinski definition) is 4. The van der Waals surface area contributed by atoms with Gasteiger partial charge in [-0.05, 0) is 31.4 Å². The van der Waals surface area contributed by atoms with E-state index in [-0.39, 0.29) is 6.10 Å². The highest BCUT2D eigenvalue weighted by Gasteiger charge is 2.19. The number of nitrogens with two attached hydrogens (primary N) is 1. The predicted molar refractivity (Wildman–Crippen MR) is 65.7 cm³/mol. The zero-order chi connectivity index (χ0) is 11.8. The predicted octanol–water partition coefficient (Wildman–Crippen LogP) is 1.50. The second-order valence-corrected chi connectivity index (χ2v) is 4.52. The molecule has 0 spiro atoms. The Morgan fingerprint density at radius 2 is 2.47 bits per heavy atom. The van der Waals surface area contributed by atoms with Gasteiger partial charge in [0, 0.05) is 12.8 Å². The molecule has 90 valence electrons. The number of nitrogen functional groups attached to an aromatic ring is 1. The molecule has 1 atom stereocenters. The molecule has 2 N–H and O–H groups in total. The van der Waals surface area contributed by atoms with Gasteiger partial charge in [0.25, 0.3) is 0 Å². The molecule has 0 saturated carbocycles. The molecular formula is C12H16N4O. The van der Waals surface area contributed by atoms with E-state index in [2.05, 4.69) is 9.97 Å².